The molecule has 9 heteroatoms. The smallest absolute Gasteiger partial charge is 0.264 e. The molecule has 0 bridgehead atoms. The number of amides is 1. The van der Waals surface area contributed by atoms with Crippen LogP contribution in [-0.4, -0.2) is 34.6 Å². The summed E-state index contributed by atoms with van der Waals surface area (Å²) in [5.41, 5.74) is 1.50. The summed E-state index contributed by atoms with van der Waals surface area (Å²) in [6, 6.07) is 17.7. The van der Waals surface area contributed by atoms with Crippen LogP contribution in [-0.2, 0) is 10.0 Å². The lowest BCUT2D eigenvalue weighted by molar-refractivity contribution is 0.0939. The van der Waals surface area contributed by atoms with Gasteiger partial charge in [-0.05, 0) is 61.0 Å². The van der Waals surface area contributed by atoms with Gasteiger partial charge in [0, 0.05) is 17.6 Å². The van der Waals surface area contributed by atoms with Crippen molar-refractivity contribution in [3.05, 3.63) is 82.9 Å². The van der Waals surface area contributed by atoms with Crippen LogP contribution in [0.5, 0.6) is 11.5 Å². The van der Waals surface area contributed by atoms with E-state index in [-0.39, 0.29) is 22.4 Å². The zero-order valence-corrected chi connectivity index (χ0v) is 19.7. The summed E-state index contributed by atoms with van der Waals surface area (Å²) in [5.74, 6) is 0.919. The monoisotopic (exact) mass is 486 g/mol. The number of hydrogen-bond acceptors (Lipinski definition) is 5. The standard InChI is InChI=1S/C24H23ClN2O5S/c1-16(17-9-10-22-23(14-17)32-12-11-31-22)26-24(28)18-5-3-8-21(13-18)33(29,30)27(2)20-7-4-6-19(25)15-20/h3-10,13-16H,11-12H2,1-2H3,(H,26,28). The highest BCUT2D eigenvalue weighted by Crippen LogP contribution is 2.32. The summed E-state index contributed by atoms with van der Waals surface area (Å²) in [6.45, 7) is 2.82. The van der Waals surface area contributed by atoms with Gasteiger partial charge in [0.1, 0.15) is 13.2 Å². The van der Waals surface area contributed by atoms with E-state index in [1.807, 2.05) is 25.1 Å². The van der Waals surface area contributed by atoms with E-state index < -0.39 is 10.0 Å². The predicted molar refractivity (Wildman–Crippen MR) is 127 cm³/mol. The largest absolute Gasteiger partial charge is 0.486 e. The van der Waals surface area contributed by atoms with Gasteiger partial charge in [0.05, 0.1) is 16.6 Å². The summed E-state index contributed by atoms with van der Waals surface area (Å²) in [5, 5.41) is 3.33. The molecule has 1 N–H and O–H groups in total. The number of rotatable bonds is 6. The minimum atomic E-state index is -3.89. The van der Waals surface area contributed by atoms with Gasteiger partial charge >= 0.3 is 0 Å². The Morgan fingerprint density at radius 2 is 1.73 bits per heavy atom. The number of fused-ring (bicyclic) bond motifs is 1. The second-order valence-electron chi connectivity index (χ2n) is 7.58. The van der Waals surface area contributed by atoms with Crippen LogP contribution in [0, 0.1) is 0 Å². The fourth-order valence-corrected chi connectivity index (χ4v) is 4.88. The quantitative estimate of drug-likeness (QED) is 0.557. The highest BCUT2D eigenvalue weighted by Gasteiger charge is 2.23. The highest BCUT2D eigenvalue weighted by atomic mass is 35.5. The average Bonchev–Trinajstić information content (AvgIpc) is 2.83. The van der Waals surface area contributed by atoms with E-state index in [2.05, 4.69) is 5.32 Å². The molecule has 172 valence electrons. The van der Waals surface area contributed by atoms with E-state index in [9.17, 15) is 13.2 Å². The fraction of sp³-hybridized carbons (Fsp3) is 0.208. The Morgan fingerprint density at radius 1 is 1.00 bits per heavy atom. The number of halogens is 1. The van der Waals surface area contributed by atoms with Crippen molar-refractivity contribution < 1.29 is 22.7 Å². The maximum absolute atomic E-state index is 13.1. The molecule has 0 radical (unpaired) electrons. The SMILES string of the molecule is CC(NC(=O)c1cccc(S(=O)(=O)N(C)c2cccc(Cl)c2)c1)c1ccc2c(c1)OCCO2. The van der Waals surface area contributed by atoms with E-state index in [4.69, 9.17) is 21.1 Å². The summed E-state index contributed by atoms with van der Waals surface area (Å²) in [4.78, 5) is 12.9. The Bertz CT molecular complexity index is 1300. The Balaban J connectivity index is 1.53. The van der Waals surface area contributed by atoms with Gasteiger partial charge in [-0.1, -0.05) is 29.8 Å². The van der Waals surface area contributed by atoms with Crippen molar-refractivity contribution in [2.75, 3.05) is 24.6 Å². The van der Waals surface area contributed by atoms with Gasteiger partial charge in [0.25, 0.3) is 15.9 Å². The van der Waals surface area contributed by atoms with Gasteiger partial charge < -0.3 is 14.8 Å². The first kappa shape index (κ1) is 22.9. The molecule has 3 aromatic rings. The predicted octanol–water partition coefficient (Wildman–Crippen LogP) is 4.43. The van der Waals surface area contributed by atoms with E-state index in [0.29, 0.717) is 35.4 Å². The molecule has 1 atom stereocenters. The average molecular weight is 487 g/mol. The molecule has 4 rings (SSSR count). The van der Waals surface area contributed by atoms with Gasteiger partial charge in [-0.3, -0.25) is 9.10 Å². The molecule has 0 spiro atoms. The normalized spacial score (nSPS) is 13.8. The first-order valence-electron chi connectivity index (χ1n) is 10.3. The third-order valence-electron chi connectivity index (χ3n) is 5.34. The summed E-state index contributed by atoms with van der Waals surface area (Å²) < 4.78 is 38.5. The Labute approximate surface area is 197 Å². The van der Waals surface area contributed by atoms with E-state index in [1.54, 1.807) is 36.4 Å². The topological polar surface area (TPSA) is 84.9 Å². The van der Waals surface area contributed by atoms with Crippen molar-refractivity contribution in [2.24, 2.45) is 0 Å². The van der Waals surface area contributed by atoms with Crippen molar-refractivity contribution in [3.63, 3.8) is 0 Å². The maximum Gasteiger partial charge on any atom is 0.264 e. The van der Waals surface area contributed by atoms with Crippen molar-refractivity contribution in [1.29, 1.82) is 0 Å². The number of hydrogen-bond donors (Lipinski definition) is 1. The van der Waals surface area contributed by atoms with Crippen LogP contribution < -0.4 is 19.1 Å². The van der Waals surface area contributed by atoms with Crippen LogP contribution >= 0.6 is 11.6 Å². The number of benzene rings is 3. The fourth-order valence-electron chi connectivity index (χ4n) is 3.46. The van der Waals surface area contributed by atoms with Crippen LogP contribution in [0.25, 0.3) is 0 Å². The number of nitrogens with one attached hydrogen (secondary N) is 1. The number of ether oxygens (including phenoxy) is 2. The number of nitrogens with zero attached hydrogens (tertiary/aromatic N) is 1. The molecule has 7 nitrogen and oxygen atoms in total. The van der Waals surface area contributed by atoms with Gasteiger partial charge in [-0.15, -0.1) is 0 Å². The van der Waals surface area contributed by atoms with Gasteiger partial charge in [0.15, 0.2) is 11.5 Å². The zero-order chi connectivity index (χ0) is 23.6. The molecule has 0 fully saturated rings. The first-order valence-corrected chi connectivity index (χ1v) is 12.1. The molecule has 3 aromatic carbocycles. The van der Waals surface area contributed by atoms with E-state index in [0.717, 1.165) is 9.87 Å². The molecule has 33 heavy (non-hydrogen) atoms. The summed E-state index contributed by atoms with van der Waals surface area (Å²) >= 11 is 6.00. The molecular weight excluding hydrogens is 464 g/mol. The molecule has 1 unspecified atom stereocenters. The molecule has 1 heterocycles. The second-order valence-corrected chi connectivity index (χ2v) is 9.98. The van der Waals surface area contributed by atoms with Crippen molar-refractivity contribution >= 4 is 33.2 Å². The second kappa shape index (κ2) is 9.33. The number of carbonyl (C=O) groups is 1. The number of anilines is 1. The molecule has 0 saturated carbocycles. The third kappa shape index (κ3) is 4.91. The van der Waals surface area contributed by atoms with Crippen LogP contribution in [0.4, 0.5) is 5.69 Å². The van der Waals surface area contributed by atoms with Crippen LogP contribution in [0.1, 0.15) is 28.9 Å². The maximum atomic E-state index is 13.1. The third-order valence-corrected chi connectivity index (χ3v) is 7.36. The molecule has 1 amide bonds. The first-order chi connectivity index (χ1) is 15.8. The van der Waals surface area contributed by atoms with Gasteiger partial charge in [-0.25, -0.2) is 8.42 Å². The molecule has 1 aliphatic heterocycles. The Kier molecular flexibility index (Phi) is 6.49. The summed E-state index contributed by atoms with van der Waals surface area (Å²) in [7, 11) is -2.45. The van der Waals surface area contributed by atoms with Crippen molar-refractivity contribution in [2.45, 2.75) is 17.9 Å². The zero-order valence-electron chi connectivity index (χ0n) is 18.1. The molecule has 1 aliphatic rings. The Morgan fingerprint density at radius 3 is 2.48 bits per heavy atom. The molecule has 0 aliphatic carbocycles. The lowest BCUT2D eigenvalue weighted by Crippen LogP contribution is -2.28. The molecular formula is C24H23ClN2O5S. The van der Waals surface area contributed by atoms with Crippen molar-refractivity contribution in [3.8, 4) is 11.5 Å². The highest BCUT2D eigenvalue weighted by molar-refractivity contribution is 7.92. The Hall–Kier alpha value is -3.23. The molecule has 0 saturated heterocycles. The van der Waals surface area contributed by atoms with E-state index in [1.165, 1.54) is 19.2 Å². The molecule has 0 aromatic heterocycles. The number of carbonyl (C=O) groups excluding carboxylic acids is 1. The van der Waals surface area contributed by atoms with E-state index >= 15 is 0 Å². The summed E-state index contributed by atoms with van der Waals surface area (Å²) in [6.07, 6.45) is 0. The lowest BCUT2D eigenvalue weighted by Gasteiger charge is -2.21. The minimum Gasteiger partial charge on any atom is -0.486 e. The van der Waals surface area contributed by atoms with Gasteiger partial charge in [-0.2, -0.15) is 0 Å². The van der Waals surface area contributed by atoms with Crippen LogP contribution in [0.3, 0.4) is 0 Å². The minimum absolute atomic E-state index is 0.00427. The lowest BCUT2D eigenvalue weighted by atomic mass is 10.1. The van der Waals surface area contributed by atoms with Crippen LogP contribution in [0.2, 0.25) is 5.02 Å². The number of sulfonamides is 1. The van der Waals surface area contributed by atoms with Gasteiger partial charge in [0.2, 0.25) is 0 Å². The van der Waals surface area contributed by atoms with Crippen molar-refractivity contribution in [1.82, 2.24) is 5.32 Å². The van der Waals surface area contributed by atoms with Crippen LogP contribution in [0.15, 0.2) is 71.6 Å².